The van der Waals surface area contributed by atoms with E-state index in [1.54, 1.807) is 13.2 Å². The molecule has 1 aromatic heterocycles. The summed E-state index contributed by atoms with van der Waals surface area (Å²) in [6, 6.07) is 3.74. The standard InChI is InChI=1S/C12H19NO3/c1-4-9(2)13-10(7-8-16-3)5-6-11(13)12(14)15/h5-6,9H,4,7-8H2,1-3H3,(H,14,15)/t9-/m0/s1. The number of hydrogen-bond donors (Lipinski definition) is 1. The summed E-state index contributed by atoms with van der Waals surface area (Å²) in [5, 5.41) is 9.10. The lowest BCUT2D eigenvalue weighted by Gasteiger charge is -2.17. The number of rotatable bonds is 6. The van der Waals surface area contributed by atoms with Crippen molar-refractivity contribution in [1.29, 1.82) is 0 Å². The van der Waals surface area contributed by atoms with Gasteiger partial charge in [0.25, 0.3) is 0 Å². The molecule has 0 bridgehead atoms. The summed E-state index contributed by atoms with van der Waals surface area (Å²) in [7, 11) is 1.65. The van der Waals surface area contributed by atoms with Crippen LogP contribution in [0.4, 0.5) is 0 Å². The molecule has 1 N–H and O–H groups in total. The molecule has 1 aromatic rings. The number of aromatic nitrogens is 1. The minimum absolute atomic E-state index is 0.202. The van der Waals surface area contributed by atoms with Gasteiger partial charge < -0.3 is 14.4 Å². The van der Waals surface area contributed by atoms with Crippen LogP contribution in [0.1, 0.15) is 42.5 Å². The maximum absolute atomic E-state index is 11.1. The van der Waals surface area contributed by atoms with Gasteiger partial charge in [-0.05, 0) is 25.5 Å². The number of carboxylic acid groups (broad SMARTS) is 1. The second-order valence-corrected chi connectivity index (χ2v) is 3.89. The molecule has 0 radical (unpaired) electrons. The molecule has 0 aliphatic rings. The van der Waals surface area contributed by atoms with E-state index < -0.39 is 5.97 Å². The van der Waals surface area contributed by atoms with Crippen molar-refractivity contribution in [3.05, 3.63) is 23.5 Å². The Labute approximate surface area is 95.8 Å². The SMILES string of the molecule is CC[C@H](C)n1c(CCOC)ccc1C(=O)O. The van der Waals surface area contributed by atoms with Gasteiger partial charge in [-0.25, -0.2) is 4.79 Å². The first-order valence-electron chi connectivity index (χ1n) is 5.54. The van der Waals surface area contributed by atoms with Crippen molar-refractivity contribution in [1.82, 2.24) is 4.57 Å². The first kappa shape index (κ1) is 12.8. The van der Waals surface area contributed by atoms with Gasteiger partial charge >= 0.3 is 5.97 Å². The van der Waals surface area contributed by atoms with Crippen LogP contribution < -0.4 is 0 Å². The molecule has 0 amide bonds. The van der Waals surface area contributed by atoms with E-state index in [0.29, 0.717) is 12.3 Å². The van der Waals surface area contributed by atoms with Crippen molar-refractivity contribution in [2.24, 2.45) is 0 Å². The normalized spacial score (nSPS) is 12.7. The highest BCUT2D eigenvalue weighted by molar-refractivity contribution is 5.86. The highest BCUT2D eigenvalue weighted by Gasteiger charge is 2.17. The van der Waals surface area contributed by atoms with Gasteiger partial charge in [0.05, 0.1) is 6.61 Å². The first-order valence-corrected chi connectivity index (χ1v) is 5.54. The molecule has 0 saturated heterocycles. The van der Waals surface area contributed by atoms with Crippen molar-refractivity contribution in [2.45, 2.75) is 32.7 Å². The van der Waals surface area contributed by atoms with E-state index in [9.17, 15) is 4.79 Å². The smallest absolute Gasteiger partial charge is 0.352 e. The highest BCUT2D eigenvalue weighted by atomic mass is 16.5. The average molecular weight is 225 g/mol. The van der Waals surface area contributed by atoms with Crippen LogP contribution in [0, 0.1) is 0 Å². The molecule has 0 aliphatic heterocycles. The van der Waals surface area contributed by atoms with Gasteiger partial charge in [0, 0.05) is 25.3 Å². The number of methoxy groups -OCH3 is 1. The molecule has 0 aromatic carbocycles. The Balaban J connectivity index is 3.04. The Morgan fingerprint density at radius 2 is 2.25 bits per heavy atom. The lowest BCUT2D eigenvalue weighted by molar-refractivity contribution is 0.0682. The topological polar surface area (TPSA) is 51.5 Å². The maximum atomic E-state index is 11.1. The van der Waals surface area contributed by atoms with E-state index in [1.807, 2.05) is 17.6 Å². The molecule has 1 atom stereocenters. The molecule has 0 saturated carbocycles. The molecular formula is C12H19NO3. The second-order valence-electron chi connectivity index (χ2n) is 3.89. The molecule has 4 nitrogen and oxygen atoms in total. The van der Waals surface area contributed by atoms with Crippen LogP contribution in [0.5, 0.6) is 0 Å². The third-order valence-corrected chi connectivity index (χ3v) is 2.82. The fraction of sp³-hybridized carbons (Fsp3) is 0.583. The maximum Gasteiger partial charge on any atom is 0.352 e. The number of aromatic carboxylic acids is 1. The van der Waals surface area contributed by atoms with E-state index in [1.165, 1.54) is 0 Å². The quantitative estimate of drug-likeness (QED) is 0.808. The molecule has 0 unspecified atom stereocenters. The van der Waals surface area contributed by atoms with Crippen molar-refractivity contribution in [3.63, 3.8) is 0 Å². The fourth-order valence-corrected chi connectivity index (χ4v) is 1.78. The van der Waals surface area contributed by atoms with Crippen LogP contribution in [-0.4, -0.2) is 29.4 Å². The Hall–Kier alpha value is -1.29. The van der Waals surface area contributed by atoms with Crippen molar-refractivity contribution in [2.75, 3.05) is 13.7 Å². The summed E-state index contributed by atoms with van der Waals surface area (Å²) in [4.78, 5) is 11.1. The molecule has 16 heavy (non-hydrogen) atoms. The molecule has 90 valence electrons. The summed E-state index contributed by atoms with van der Waals surface area (Å²) in [5.74, 6) is -0.871. The van der Waals surface area contributed by atoms with Crippen molar-refractivity contribution >= 4 is 5.97 Å². The zero-order chi connectivity index (χ0) is 12.1. The summed E-state index contributed by atoms with van der Waals surface area (Å²) < 4.78 is 6.91. The Morgan fingerprint density at radius 1 is 1.56 bits per heavy atom. The van der Waals surface area contributed by atoms with Gasteiger partial charge in [-0.2, -0.15) is 0 Å². The summed E-state index contributed by atoms with van der Waals surface area (Å²) in [6.07, 6.45) is 1.66. The van der Waals surface area contributed by atoms with E-state index in [4.69, 9.17) is 9.84 Å². The van der Waals surface area contributed by atoms with Gasteiger partial charge in [-0.3, -0.25) is 0 Å². The summed E-state index contributed by atoms with van der Waals surface area (Å²) >= 11 is 0. The molecular weight excluding hydrogens is 206 g/mol. The largest absolute Gasteiger partial charge is 0.477 e. The average Bonchev–Trinajstić information content (AvgIpc) is 2.69. The van der Waals surface area contributed by atoms with Gasteiger partial charge in [-0.15, -0.1) is 0 Å². The zero-order valence-electron chi connectivity index (χ0n) is 10.1. The molecule has 0 aliphatic carbocycles. The van der Waals surface area contributed by atoms with Crippen LogP contribution in [0.3, 0.4) is 0 Å². The highest BCUT2D eigenvalue weighted by Crippen LogP contribution is 2.19. The lowest BCUT2D eigenvalue weighted by atomic mass is 10.2. The summed E-state index contributed by atoms with van der Waals surface area (Å²) in [5.41, 5.74) is 1.38. The van der Waals surface area contributed by atoms with Gasteiger partial charge in [0.1, 0.15) is 5.69 Å². The minimum atomic E-state index is -0.871. The molecule has 0 fully saturated rings. The van der Waals surface area contributed by atoms with Gasteiger partial charge in [0.2, 0.25) is 0 Å². The monoisotopic (exact) mass is 225 g/mol. The van der Waals surface area contributed by atoms with Gasteiger partial charge in [0.15, 0.2) is 0 Å². The fourth-order valence-electron chi connectivity index (χ4n) is 1.78. The van der Waals surface area contributed by atoms with E-state index in [2.05, 4.69) is 6.92 Å². The molecule has 1 rings (SSSR count). The number of carbonyl (C=O) groups is 1. The van der Waals surface area contributed by atoms with Crippen LogP contribution in [-0.2, 0) is 11.2 Å². The van der Waals surface area contributed by atoms with E-state index in [-0.39, 0.29) is 6.04 Å². The number of hydrogen-bond acceptors (Lipinski definition) is 2. The third-order valence-electron chi connectivity index (χ3n) is 2.82. The predicted octanol–water partition coefficient (Wildman–Crippen LogP) is 2.35. The minimum Gasteiger partial charge on any atom is -0.477 e. The third kappa shape index (κ3) is 2.64. The van der Waals surface area contributed by atoms with Crippen LogP contribution >= 0.6 is 0 Å². The number of carboxylic acids is 1. The molecule has 0 spiro atoms. The predicted molar refractivity (Wildman–Crippen MR) is 62.0 cm³/mol. The van der Waals surface area contributed by atoms with E-state index >= 15 is 0 Å². The van der Waals surface area contributed by atoms with Crippen LogP contribution in [0.15, 0.2) is 12.1 Å². The number of nitrogens with zero attached hydrogens (tertiary/aromatic N) is 1. The Bertz CT molecular complexity index is 357. The molecule has 1 heterocycles. The Kier molecular flexibility index (Phi) is 4.55. The number of ether oxygens (including phenoxy) is 1. The van der Waals surface area contributed by atoms with Crippen LogP contribution in [0.2, 0.25) is 0 Å². The van der Waals surface area contributed by atoms with Crippen molar-refractivity contribution in [3.8, 4) is 0 Å². The van der Waals surface area contributed by atoms with Gasteiger partial charge in [-0.1, -0.05) is 6.92 Å². The Morgan fingerprint density at radius 3 is 2.75 bits per heavy atom. The zero-order valence-corrected chi connectivity index (χ0v) is 10.1. The lowest BCUT2D eigenvalue weighted by Crippen LogP contribution is -2.15. The second kappa shape index (κ2) is 5.70. The van der Waals surface area contributed by atoms with Crippen LogP contribution in [0.25, 0.3) is 0 Å². The summed E-state index contributed by atoms with van der Waals surface area (Å²) in [6.45, 7) is 4.69. The van der Waals surface area contributed by atoms with E-state index in [0.717, 1.165) is 18.5 Å². The van der Waals surface area contributed by atoms with Crippen molar-refractivity contribution < 1.29 is 14.6 Å². The molecule has 4 heteroatoms. The first-order chi connectivity index (χ1) is 7.61.